The highest BCUT2D eigenvalue weighted by Gasteiger charge is 2.64. The Morgan fingerprint density at radius 2 is 1.88 bits per heavy atom. The van der Waals surface area contributed by atoms with Crippen LogP contribution in [-0.4, -0.2) is 22.9 Å². The van der Waals surface area contributed by atoms with E-state index in [1.165, 1.54) is 12.8 Å². The van der Waals surface area contributed by atoms with Crippen LogP contribution in [0.25, 0.3) is 0 Å². The monoisotopic (exact) mass is 223 g/mol. The Balaban J connectivity index is 2.13. The first-order valence-electron chi connectivity index (χ1n) is 6.72. The zero-order valence-electron chi connectivity index (χ0n) is 11.3. The summed E-state index contributed by atoms with van der Waals surface area (Å²) in [5, 5.41) is 0. The first-order valence-corrected chi connectivity index (χ1v) is 6.72. The number of hydrogen-bond acceptors (Lipinski definition) is 1. The van der Waals surface area contributed by atoms with Gasteiger partial charge in [0.2, 0.25) is 5.91 Å². The zero-order valence-corrected chi connectivity index (χ0v) is 11.3. The van der Waals surface area contributed by atoms with E-state index in [2.05, 4.69) is 39.5 Å². The van der Waals surface area contributed by atoms with Gasteiger partial charge < -0.3 is 4.90 Å². The normalized spacial score (nSPS) is 34.4. The summed E-state index contributed by atoms with van der Waals surface area (Å²) in [5.74, 6) is 2.44. The lowest BCUT2D eigenvalue weighted by Gasteiger charge is -2.34. The molecule has 0 N–H and O–H groups in total. The molecule has 0 aromatic carbocycles. The second-order valence-corrected chi connectivity index (χ2v) is 6.36. The molecule has 1 saturated heterocycles. The van der Waals surface area contributed by atoms with Crippen molar-refractivity contribution in [3.05, 3.63) is 0 Å². The van der Waals surface area contributed by atoms with Gasteiger partial charge in [0.05, 0.1) is 0 Å². The Kier molecular flexibility index (Phi) is 2.80. The predicted octanol–water partition coefficient (Wildman–Crippen LogP) is 2.93. The maximum atomic E-state index is 12.5. The number of carbonyl (C=O) groups is 1. The van der Waals surface area contributed by atoms with Gasteiger partial charge in [-0.25, -0.2) is 0 Å². The number of amides is 1. The van der Waals surface area contributed by atoms with E-state index in [4.69, 9.17) is 0 Å². The summed E-state index contributed by atoms with van der Waals surface area (Å²) in [6.07, 6.45) is 2.48. The second kappa shape index (κ2) is 3.75. The van der Waals surface area contributed by atoms with Crippen LogP contribution in [0.2, 0.25) is 0 Å². The van der Waals surface area contributed by atoms with E-state index in [1.54, 1.807) is 0 Å². The average Bonchev–Trinajstić information content (AvgIpc) is 2.84. The Morgan fingerprint density at radius 3 is 2.31 bits per heavy atom. The SMILES string of the molecule is CC(C)[C@H](C)C(=O)N1CCC2C[C@]21C(C)C. The number of fused-ring (bicyclic) bond motifs is 1. The molecule has 1 aliphatic carbocycles. The van der Waals surface area contributed by atoms with E-state index < -0.39 is 0 Å². The standard InChI is InChI=1S/C14H25NO/c1-9(2)11(5)13(16)15-7-6-12-8-14(12,15)10(3)4/h9-12H,6-8H2,1-5H3/t11-,12?,14-/m0/s1. The number of rotatable bonds is 3. The highest BCUT2D eigenvalue weighted by atomic mass is 16.2. The van der Waals surface area contributed by atoms with Crippen LogP contribution < -0.4 is 0 Å². The fraction of sp³-hybridized carbons (Fsp3) is 0.929. The summed E-state index contributed by atoms with van der Waals surface area (Å²) in [6, 6.07) is 0. The van der Waals surface area contributed by atoms with Crippen LogP contribution >= 0.6 is 0 Å². The van der Waals surface area contributed by atoms with Gasteiger partial charge in [-0.1, -0.05) is 34.6 Å². The van der Waals surface area contributed by atoms with Crippen LogP contribution in [0.3, 0.4) is 0 Å². The maximum absolute atomic E-state index is 12.5. The number of carbonyl (C=O) groups excluding carboxylic acids is 1. The molecule has 3 atom stereocenters. The van der Waals surface area contributed by atoms with E-state index >= 15 is 0 Å². The Hall–Kier alpha value is -0.530. The van der Waals surface area contributed by atoms with Gasteiger partial charge in [0.25, 0.3) is 0 Å². The molecule has 1 heterocycles. The van der Waals surface area contributed by atoms with Gasteiger partial charge in [0.15, 0.2) is 0 Å². The Bertz CT molecular complexity index is 293. The van der Waals surface area contributed by atoms with Gasteiger partial charge in [-0.3, -0.25) is 4.79 Å². The first kappa shape index (κ1) is 11.9. The van der Waals surface area contributed by atoms with Gasteiger partial charge >= 0.3 is 0 Å². The molecule has 2 heteroatoms. The van der Waals surface area contributed by atoms with E-state index in [0.717, 1.165) is 12.5 Å². The third-order valence-electron chi connectivity index (χ3n) is 4.98. The van der Waals surface area contributed by atoms with Crippen molar-refractivity contribution in [2.45, 2.75) is 53.0 Å². The number of nitrogens with zero attached hydrogens (tertiary/aromatic N) is 1. The van der Waals surface area contributed by atoms with Crippen LogP contribution in [0, 0.1) is 23.7 Å². The van der Waals surface area contributed by atoms with Gasteiger partial charge in [0, 0.05) is 18.0 Å². The second-order valence-electron chi connectivity index (χ2n) is 6.36. The molecule has 2 rings (SSSR count). The van der Waals surface area contributed by atoms with Crippen LogP contribution in [0.1, 0.15) is 47.5 Å². The van der Waals surface area contributed by atoms with Crippen LogP contribution in [-0.2, 0) is 4.79 Å². The van der Waals surface area contributed by atoms with Gasteiger partial charge in [0.1, 0.15) is 0 Å². The lowest BCUT2D eigenvalue weighted by Crippen LogP contribution is -2.46. The maximum Gasteiger partial charge on any atom is 0.226 e. The third-order valence-corrected chi connectivity index (χ3v) is 4.98. The van der Waals surface area contributed by atoms with Crippen molar-refractivity contribution < 1.29 is 4.79 Å². The minimum absolute atomic E-state index is 0.176. The topological polar surface area (TPSA) is 20.3 Å². The first-order chi connectivity index (χ1) is 7.41. The number of piperidine rings is 1. The van der Waals surface area contributed by atoms with Crippen LogP contribution in [0.4, 0.5) is 0 Å². The molecule has 0 radical (unpaired) electrons. The van der Waals surface area contributed by atoms with Crippen molar-refractivity contribution in [2.24, 2.45) is 23.7 Å². The zero-order chi connectivity index (χ0) is 12.1. The summed E-state index contributed by atoms with van der Waals surface area (Å²) in [5.41, 5.74) is 0.250. The highest BCUT2D eigenvalue weighted by Crippen LogP contribution is 2.60. The van der Waals surface area contributed by atoms with Crippen molar-refractivity contribution >= 4 is 5.91 Å². The minimum atomic E-state index is 0.176. The summed E-state index contributed by atoms with van der Waals surface area (Å²) in [6.45, 7) is 11.9. The number of likely N-dealkylation sites (tertiary alicyclic amines) is 1. The lowest BCUT2D eigenvalue weighted by molar-refractivity contribution is -0.139. The summed E-state index contributed by atoms with van der Waals surface area (Å²) in [7, 11) is 0. The minimum Gasteiger partial charge on any atom is -0.336 e. The van der Waals surface area contributed by atoms with E-state index in [0.29, 0.717) is 17.7 Å². The molecule has 0 aromatic heterocycles. The lowest BCUT2D eigenvalue weighted by atomic mass is 9.93. The Labute approximate surface area is 99.4 Å². The van der Waals surface area contributed by atoms with E-state index in [9.17, 15) is 4.79 Å². The molecule has 1 amide bonds. The molecular weight excluding hydrogens is 198 g/mol. The van der Waals surface area contributed by atoms with Crippen molar-refractivity contribution in [1.29, 1.82) is 0 Å². The fourth-order valence-electron chi connectivity index (χ4n) is 3.38. The van der Waals surface area contributed by atoms with Gasteiger partial charge in [-0.05, 0) is 30.6 Å². The molecule has 2 fully saturated rings. The molecule has 2 nitrogen and oxygen atoms in total. The van der Waals surface area contributed by atoms with Gasteiger partial charge in [-0.2, -0.15) is 0 Å². The third kappa shape index (κ3) is 1.49. The summed E-state index contributed by atoms with van der Waals surface area (Å²) < 4.78 is 0. The predicted molar refractivity (Wildman–Crippen MR) is 66.0 cm³/mol. The molecule has 92 valence electrons. The molecule has 2 aliphatic rings. The molecule has 16 heavy (non-hydrogen) atoms. The molecule has 0 bridgehead atoms. The van der Waals surface area contributed by atoms with Crippen molar-refractivity contribution in [2.75, 3.05) is 6.54 Å². The van der Waals surface area contributed by atoms with Crippen molar-refractivity contribution in [3.63, 3.8) is 0 Å². The summed E-state index contributed by atoms with van der Waals surface area (Å²) >= 11 is 0. The van der Waals surface area contributed by atoms with Crippen LogP contribution in [0.15, 0.2) is 0 Å². The fourth-order valence-corrected chi connectivity index (χ4v) is 3.38. The molecule has 0 spiro atoms. The number of hydrogen-bond donors (Lipinski definition) is 0. The highest BCUT2D eigenvalue weighted by molar-refractivity contribution is 5.80. The average molecular weight is 223 g/mol. The van der Waals surface area contributed by atoms with E-state index in [1.807, 2.05) is 0 Å². The molecular formula is C14H25NO. The molecule has 1 aliphatic heterocycles. The Morgan fingerprint density at radius 1 is 1.25 bits per heavy atom. The quantitative estimate of drug-likeness (QED) is 0.720. The van der Waals surface area contributed by atoms with Crippen molar-refractivity contribution in [3.8, 4) is 0 Å². The molecule has 1 unspecified atom stereocenters. The molecule has 0 aromatic rings. The van der Waals surface area contributed by atoms with E-state index in [-0.39, 0.29) is 11.5 Å². The largest absolute Gasteiger partial charge is 0.336 e. The summed E-state index contributed by atoms with van der Waals surface area (Å²) in [4.78, 5) is 14.7. The van der Waals surface area contributed by atoms with Gasteiger partial charge in [-0.15, -0.1) is 0 Å². The molecule has 1 saturated carbocycles. The van der Waals surface area contributed by atoms with Crippen molar-refractivity contribution in [1.82, 2.24) is 4.90 Å². The smallest absolute Gasteiger partial charge is 0.226 e. The van der Waals surface area contributed by atoms with Crippen LogP contribution in [0.5, 0.6) is 0 Å².